The fourth-order valence-electron chi connectivity index (χ4n) is 7.14. The SMILES string of the molecule is NC(Cc1c[nH]c2ccccc12)C(=O)NC(Cc1cnc[nH]1)C(=O)NC(CO)C(=O)NC(Cc1ccccc1)C(=O)N1CCCC1C(=O)NC(CC(=O)O)C(=O)NC(CO)C(=O)O. The van der Waals surface area contributed by atoms with Gasteiger partial charge in [-0.3, -0.25) is 33.6 Å². The van der Waals surface area contributed by atoms with Crippen molar-refractivity contribution in [1.82, 2.24) is 46.4 Å². The second kappa shape index (κ2) is 22.1. The second-order valence-electron chi connectivity index (χ2n) is 14.9. The van der Waals surface area contributed by atoms with Crippen molar-refractivity contribution in [2.75, 3.05) is 19.8 Å². The number of aromatic nitrogens is 3. The minimum absolute atomic E-state index is 0.0110. The topological polar surface area (TPSA) is 351 Å². The lowest BCUT2D eigenvalue weighted by Crippen LogP contribution is -2.61. The first-order valence-corrected chi connectivity index (χ1v) is 20.0. The molecule has 0 aliphatic carbocycles. The molecule has 7 atom stereocenters. The monoisotopic (exact) mass is 874 g/mol. The van der Waals surface area contributed by atoms with Crippen LogP contribution in [-0.2, 0) is 57.6 Å². The highest BCUT2D eigenvalue weighted by Gasteiger charge is 2.40. The number of carbonyl (C=O) groups is 8. The maximum atomic E-state index is 14.3. The molecule has 2 aromatic heterocycles. The Balaban J connectivity index is 1.30. The Morgan fingerprint density at radius 1 is 0.730 bits per heavy atom. The minimum Gasteiger partial charge on any atom is -0.481 e. The van der Waals surface area contributed by atoms with Gasteiger partial charge >= 0.3 is 11.9 Å². The zero-order valence-corrected chi connectivity index (χ0v) is 33.9. The number of hydrogen-bond acceptors (Lipinski definition) is 12. The molecule has 1 saturated heterocycles. The predicted octanol–water partition coefficient (Wildman–Crippen LogP) is -2.79. The number of nitrogens with zero attached hydrogens (tertiary/aromatic N) is 2. The van der Waals surface area contributed by atoms with Crippen molar-refractivity contribution in [2.24, 2.45) is 5.73 Å². The molecule has 0 saturated carbocycles. The summed E-state index contributed by atoms with van der Waals surface area (Å²) in [4.78, 5) is 116. The van der Waals surface area contributed by atoms with Gasteiger partial charge in [0.05, 0.1) is 32.0 Å². The van der Waals surface area contributed by atoms with Gasteiger partial charge in [0.1, 0.15) is 36.3 Å². The Morgan fingerprint density at radius 2 is 1.37 bits per heavy atom. The van der Waals surface area contributed by atoms with Crippen LogP contribution in [0.4, 0.5) is 0 Å². The number of para-hydroxylation sites is 1. The van der Waals surface area contributed by atoms with Gasteiger partial charge in [-0.1, -0.05) is 48.5 Å². The first kappa shape index (κ1) is 46.9. The number of aromatic amines is 2. The summed E-state index contributed by atoms with van der Waals surface area (Å²) in [5.74, 6) is -8.54. The number of carbonyl (C=O) groups excluding carboxylic acids is 6. The Hall–Kier alpha value is -7.17. The summed E-state index contributed by atoms with van der Waals surface area (Å²) in [5.41, 5.74) is 8.97. The van der Waals surface area contributed by atoms with Crippen molar-refractivity contribution in [1.29, 1.82) is 0 Å². The summed E-state index contributed by atoms with van der Waals surface area (Å²) in [6.07, 6.45) is 3.86. The molecule has 63 heavy (non-hydrogen) atoms. The van der Waals surface area contributed by atoms with Crippen LogP contribution in [0.15, 0.2) is 73.3 Å². The van der Waals surface area contributed by atoms with Crippen LogP contribution < -0.4 is 32.3 Å². The quantitative estimate of drug-likeness (QED) is 0.0380. The maximum absolute atomic E-state index is 14.3. The van der Waals surface area contributed by atoms with Crippen LogP contribution in [-0.4, -0.2) is 150 Å². The number of nitrogens with one attached hydrogen (secondary N) is 7. The van der Waals surface area contributed by atoms with Gasteiger partial charge in [0.2, 0.25) is 35.4 Å². The molecule has 336 valence electrons. The largest absolute Gasteiger partial charge is 0.481 e. The molecule has 0 radical (unpaired) electrons. The summed E-state index contributed by atoms with van der Waals surface area (Å²) < 4.78 is 0. The van der Waals surface area contributed by atoms with Crippen molar-refractivity contribution in [3.8, 4) is 0 Å². The van der Waals surface area contributed by atoms with Crippen molar-refractivity contribution in [3.05, 3.63) is 90.1 Å². The Kier molecular flexibility index (Phi) is 16.4. The molecule has 1 fully saturated rings. The summed E-state index contributed by atoms with van der Waals surface area (Å²) >= 11 is 0. The smallest absolute Gasteiger partial charge is 0.328 e. The van der Waals surface area contributed by atoms with Crippen LogP contribution in [0.3, 0.4) is 0 Å². The molecular weight excluding hydrogens is 825 g/mol. The van der Waals surface area contributed by atoms with Gasteiger partial charge < -0.3 is 67.6 Å². The molecule has 0 spiro atoms. The van der Waals surface area contributed by atoms with Crippen LogP contribution in [0.5, 0.6) is 0 Å². The molecule has 2 aromatic carbocycles. The van der Waals surface area contributed by atoms with Crippen molar-refractivity contribution in [2.45, 2.75) is 80.8 Å². The average molecular weight is 875 g/mol. The summed E-state index contributed by atoms with van der Waals surface area (Å²) in [6, 6.07) is 5.68. The molecule has 0 bridgehead atoms. The summed E-state index contributed by atoms with van der Waals surface area (Å²) in [5, 5.41) is 51.1. The van der Waals surface area contributed by atoms with Gasteiger partial charge in [0.25, 0.3) is 0 Å². The number of nitrogens with two attached hydrogens (primary N) is 1. The van der Waals surface area contributed by atoms with Gasteiger partial charge in [-0.2, -0.15) is 0 Å². The van der Waals surface area contributed by atoms with E-state index in [0.717, 1.165) is 21.4 Å². The van der Waals surface area contributed by atoms with E-state index in [-0.39, 0.29) is 32.2 Å². The van der Waals surface area contributed by atoms with Crippen LogP contribution in [0.2, 0.25) is 0 Å². The summed E-state index contributed by atoms with van der Waals surface area (Å²) in [7, 11) is 0. The lowest BCUT2D eigenvalue weighted by Gasteiger charge is -2.31. The molecule has 6 amide bonds. The van der Waals surface area contributed by atoms with E-state index in [1.54, 1.807) is 36.5 Å². The second-order valence-corrected chi connectivity index (χ2v) is 14.9. The third kappa shape index (κ3) is 12.7. The molecule has 1 aliphatic heterocycles. The average Bonchev–Trinajstić information content (AvgIpc) is 4.06. The van der Waals surface area contributed by atoms with Crippen molar-refractivity contribution in [3.63, 3.8) is 0 Å². The Labute approximate surface area is 359 Å². The van der Waals surface area contributed by atoms with Gasteiger partial charge in [-0.25, -0.2) is 9.78 Å². The molecule has 22 heteroatoms. The third-order valence-electron chi connectivity index (χ3n) is 10.4. The van der Waals surface area contributed by atoms with Gasteiger partial charge in [0.15, 0.2) is 0 Å². The number of hydrogen-bond donors (Lipinski definition) is 12. The van der Waals surface area contributed by atoms with Crippen LogP contribution in [0, 0.1) is 0 Å². The van der Waals surface area contributed by atoms with Crippen LogP contribution in [0.1, 0.15) is 36.1 Å². The zero-order valence-electron chi connectivity index (χ0n) is 33.9. The number of aliphatic hydroxyl groups excluding tert-OH is 2. The number of carboxylic acids is 2. The van der Waals surface area contributed by atoms with Crippen molar-refractivity contribution < 1.29 is 58.8 Å². The number of fused-ring (bicyclic) bond motifs is 1. The van der Waals surface area contributed by atoms with E-state index in [1.807, 2.05) is 29.6 Å². The normalized spacial score (nSPS) is 16.4. The molecule has 1 aliphatic rings. The first-order valence-electron chi connectivity index (χ1n) is 20.0. The number of aliphatic carboxylic acids is 2. The number of amides is 6. The molecule has 4 aromatic rings. The fourth-order valence-corrected chi connectivity index (χ4v) is 7.14. The molecule has 7 unspecified atom stereocenters. The van der Waals surface area contributed by atoms with E-state index >= 15 is 0 Å². The van der Waals surface area contributed by atoms with E-state index in [9.17, 15) is 58.8 Å². The van der Waals surface area contributed by atoms with E-state index in [4.69, 9.17) is 5.73 Å². The first-order chi connectivity index (χ1) is 30.2. The lowest BCUT2D eigenvalue weighted by molar-refractivity contribution is -0.145. The highest BCUT2D eigenvalue weighted by molar-refractivity contribution is 5.98. The zero-order chi connectivity index (χ0) is 45.6. The van der Waals surface area contributed by atoms with Gasteiger partial charge in [-0.15, -0.1) is 0 Å². The number of likely N-dealkylation sites (tertiary alicyclic amines) is 1. The van der Waals surface area contributed by atoms with Crippen molar-refractivity contribution >= 4 is 58.3 Å². The molecule has 5 rings (SSSR count). The number of H-pyrrole nitrogens is 2. The highest BCUT2D eigenvalue weighted by Crippen LogP contribution is 2.21. The van der Waals surface area contributed by atoms with E-state index in [0.29, 0.717) is 17.7 Å². The number of rotatable bonds is 22. The fraction of sp³-hybridized carbons (Fsp3) is 0.390. The molecule has 13 N–H and O–H groups in total. The molecule has 3 heterocycles. The Bertz CT molecular complexity index is 2250. The number of imidazole rings is 1. The van der Waals surface area contributed by atoms with Crippen LogP contribution in [0.25, 0.3) is 10.9 Å². The third-order valence-corrected chi connectivity index (χ3v) is 10.4. The minimum atomic E-state index is -1.79. The van der Waals surface area contributed by atoms with Gasteiger partial charge in [0, 0.05) is 48.4 Å². The summed E-state index contributed by atoms with van der Waals surface area (Å²) in [6.45, 7) is -1.94. The van der Waals surface area contributed by atoms with Gasteiger partial charge in [-0.05, 0) is 36.5 Å². The maximum Gasteiger partial charge on any atom is 0.328 e. The highest BCUT2D eigenvalue weighted by atomic mass is 16.4. The van der Waals surface area contributed by atoms with E-state index in [1.165, 1.54) is 12.5 Å². The predicted molar refractivity (Wildman–Crippen MR) is 221 cm³/mol. The molecular formula is C41H50N10O12. The number of benzene rings is 2. The van der Waals surface area contributed by atoms with E-state index < -0.39 is 109 Å². The Morgan fingerprint density at radius 3 is 2.03 bits per heavy atom. The molecule has 22 nitrogen and oxygen atoms in total. The van der Waals surface area contributed by atoms with E-state index in [2.05, 4.69) is 36.2 Å². The van der Waals surface area contributed by atoms with Crippen LogP contribution >= 0.6 is 0 Å². The number of carboxylic acid groups (broad SMARTS) is 2. The lowest BCUT2D eigenvalue weighted by atomic mass is 10.0. The standard InChI is InChI=1S/C41H50N10O12/c42-26(14-23-17-44-27-10-5-4-9-25(23)27)35(56)46-28(15-24-18-43-21-45-24)36(57)49-31(19-52)38(59)48-30(13-22-7-2-1-3-8-22)40(61)51-12-6-11-33(51)39(60)47-29(16-34(54)55)37(58)50-32(20-53)41(62)63/h1-5,7-10,17-18,21,26,28-33,44,52-53H,6,11-16,19-20,42H2,(H,43,45)(H,46,56)(H,47,60)(H,48,59)(H,49,57)(H,50,58)(H,54,55)(H,62,63). The number of aliphatic hydroxyl groups is 2.